The number of amides is 2. The lowest BCUT2D eigenvalue weighted by Gasteiger charge is -2.11. The molecular weight excluding hydrogens is 238 g/mol. The first kappa shape index (κ1) is 16.2. The van der Waals surface area contributed by atoms with Crippen LogP contribution in [0.2, 0.25) is 0 Å². The molecule has 2 amide bonds. The molecule has 0 aromatic carbocycles. The van der Waals surface area contributed by atoms with Gasteiger partial charge in [-0.15, -0.1) is 0 Å². The van der Waals surface area contributed by atoms with Crippen molar-refractivity contribution >= 4 is 18.1 Å². The van der Waals surface area contributed by atoms with Crippen molar-refractivity contribution < 1.29 is 19.1 Å². The smallest absolute Gasteiger partial charge is 0.413 e. The van der Waals surface area contributed by atoms with Crippen molar-refractivity contribution in [2.24, 2.45) is 11.8 Å². The minimum atomic E-state index is -0.780. The van der Waals surface area contributed by atoms with Crippen LogP contribution in [-0.2, 0) is 9.47 Å². The molecule has 0 aromatic rings. The van der Waals surface area contributed by atoms with Crippen molar-refractivity contribution in [2.75, 3.05) is 13.2 Å². The summed E-state index contributed by atoms with van der Waals surface area (Å²) in [4.78, 5) is 22.3. The normalized spacial score (nSPS) is 10.1. The van der Waals surface area contributed by atoms with Gasteiger partial charge in [0.25, 0.3) is 0 Å². The Morgan fingerprint density at radius 3 is 1.56 bits per heavy atom. The SMILES string of the molecule is CC(C)COC(=O)NC(=N)NC(=O)OCC(C)C. The third-order valence-corrected chi connectivity index (χ3v) is 1.55. The number of guanidine groups is 1. The first-order valence-electron chi connectivity index (χ1n) is 5.77. The van der Waals surface area contributed by atoms with E-state index in [9.17, 15) is 9.59 Å². The Morgan fingerprint density at radius 2 is 1.28 bits per heavy atom. The number of carbonyl (C=O) groups is 2. The molecule has 0 fully saturated rings. The van der Waals surface area contributed by atoms with Gasteiger partial charge in [0.1, 0.15) is 0 Å². The van der Waals surface area contributed by atoms with Gasteiger partial charge in [-0.3, -0.25) is 16.0 Å². The van der Waals surface area contributed by atoms with E-state index in [0.717, 1.165) is 0 Å². The average molecular weight is 259 g/mol. The minimum absolute atomic E-state index is 0.203. The third-order valence-electron chi connectivity index (χ3n) is 1.55. The van der Waals surface area contributed by atoms with Gasteiger partial charge in [-0.25, -0.2) is 9.59 Å². The summed E-state index contributed by atoms with van der Waals surface area (Å²) in [6.45, 7) is 8.05. The summed E-state index contributed by atoms with van der Waals surface area (Å²) < 4.78 is 9.54. The Morgan fingerprint density at radius 1 is 0.944 bits per heavy atom. The van der Waals surface area contributed by atoms with Crippen LogP contribution in [0, 0.1) is 17.2 Å². The van der Waals surface area contributed by atoms with Gasteiger partial charge in [-0.05, 0) is 11.8 Å². The third kappa shape index (κ3) is 9.44. The molecule has 0 atom stereocenters. The molecule has 0 aromatic heterocycles. The van der Waals surface area contributed by atoms with Crippen LogP contribution >= 0.6 is 0 Å². The van der Waals surface area contributed by atoms with Crippen molar-refractivity contribution in [3.05, 3.63) is 0 Å². The molecule has 0 aliphatic carbocycles. The van der Waals surface area contributed by atoms with Gasteiger partial charge in [-0.2, -0.15) is 0 Å². The minimum Gasteiger partial charge on any atom is -0.449 e. The lowest BCUT2D eigenvalue weighted by molar-refractivity contribution is 0.135. The molecule has 3 N–H and O–H groups in total. The van der Waals surface area contributed by atoms with E-state index in [1.165, 1.54) is 0 Å². The maximum Gasteiger partial charge on any atom is 0.413 e. The van der Waals surface area contributed by atoms with Gasteiger partial charge in [0.15, 0.2) is 0 Å². The van der Waals surface area contributed by atoms with Crippen LogP contribution in [0.5, 0.6) is 0 Å². The highest BCUT2D eigenvalue weighted by molar-refractivity contribution is 5.99. The number of carbonyl (C=O) groups excluding carboxylic acids is 2. The molecule has 0 aliphatic rings. The summed E-state index contributed by atoms with van der Waals surface area (Å²) in [5.74, 6) is -0.0692. The second-order valence-electron chi connectivity index (χ2n) is 4.61. The molecule has 7 nitrogen and oxygen atoms in total. The van der Waals surface area contributed by atoms with Gasteiger partial charge in [0.05, 0.1) is 13.2 Å². The standard InChI is InChI=1S/C11H21N3O4/c1-7(2)5-17-10(15)13-9(12)14-11(16)18-6-8(3)4/h7-8H,5-6H2,1-4H3,(H3,12,13,14,15,16). The van der Waals surface area contributed by atoms with Crippen molar-refractivity contribution in [1.29, 1.82) is 5.41 Å². The van der Waals surface area contributed by atoms with Crippen LogP contribution in [0.3, 0.4) is 0 Å². The fourth-order valence-corrected chi connectivity index (χ4v) is 0.792. The molecule has 0 bridgehead atoms. The largest absolute Gasteiger partial charge is 0.449 e. The summed E-state index contributed by atoms with van der Waals surface area (Å²) in [6, 6.07) is 0. The zero-order chi connectivity index (χ0) is 14.1. The van der Waals surface area contributed by atoms with Crippen LogP contribution in [-0.4, -0.2) is 31.4 Å². The van der Waals surface area contributed by atoms with Crippen LogP contribution in [0.15, 0.2) is 0 Å². The van der Waals surface area contributed by atoms with Crippen LogP contribution in [0.4, 0.5) is 9.59 Å². The van der Waals surface area contributed by atoms with Gasteiger partial charge >= 0.3 is 12.2 Å². The van der Waals surface area contributed by atoms with E-state index in [4.69, 9.17) is 14.9 Å². The van der Waals surface area contributed by atoms with E-state index in [1.54, 1.807) is 0 Å². The molecule has 104 valence electrons. The fourth-order valence-electron chi connectivity index (χ4n) is 0.792. The first-order chi connectivity index (χ1) is 8.31. The van der Waals surface area contributed by atoms with Gasteiger partial charge in [0.2, 0.25) is 5.96 Å². The highest BCUT2D eigenvalue weighted by atomic mass is 16.6. The van der Waals surface area contributed by atoms with Crippen molar-refractivity contribution in [3.8, 4) is 0 Å². The Labute approximate surface area is 107 Å². The number of nitrogens with one attached hydrogen (secondary N) is 3. The van der Waals surface area contributed by atoms with E-state index in [0.29, 0.717) is 0 Å². The Bertz CT molecular complexity index is 275. The number of hydrogen-bond acceptors (Lipinski definition) is 5. The Kier molecular flexibility index (Phi) is 7.50. The quantitative estimate of drug-likeness (QED) is 0.528. The highest BCUT2D eigenvalue weighted by Crippen LogP contribution is 1.93. The van der Waals surface area contributed by atoms with E-state index in [2.05, 4.69) is 10.6 Å². The predicted molar refractivity (Wildman–Crippen MR) is 66.4 cm³/mol. The molecule has 0 unspecified atom stereocenters. The fraction of sp³-hybridized carbons (Fsp3) is 0.727. The highest BCUT2D eigenvalue weighted by Gasteiger charge is 2.10. The molecule has 0 spiro atoms. The molecular formula is C11H21N3O4. The average Bonchev–Trinajstić information content (AvgIpc) is 2.23. The first-order valence-corrected chi connectivity index (χ1v) is 5.77. The van der Waals surface area contributed by atoms with Crippen LogP contribution in [0.1, 0.15) is 27.7 Å². The molecule has 0 saturated carbocycles. The molecule has 18 heavy (non-hydrogen) atoms. The molecule has 0 saturated heterocycles. The van der Waals surface area contributed by atoms with Crippen molar-refractivity contribution in [3.63, 3.8) is 0 Å². The van der Waals surface area contributed by atoms with E-state index < -0.39 is 18.1 Å². The number of hydrogen-bond donors (Lipinski definition) is 3. The van der Waals surface area contributed by atoms with Crippen molar-refractivity contribution in [2.45, 2.75) is 27.7 Å². The van der Waals surface area contributed by atoms with E-state index in [-0.39, 0.29) is 25.0 Å². The van der Waals surface area contributed by atoms with E-state index in [1.807, 2.05) is 27.7 Å². The van der Waals surface area contributed by atoms with Gasteiger partial charge in [0, 0.05) is 0 Å². The summed E-state index contributed by atoms with van der Waals surface area (Å²) in [7, 11) is 0. The monoisotopic (exact) mass is 259 g/mol. The van der Waals surface area contributed by atoms with Crippen LogP contribution in [0.25, 0.3) is 0 Å². The number of rotatable bonds is 4. The van der Waals surface area contributed by atoms with Gasteiger partial charge < -0.3 is 9.47 Å². The lowest BCUT2D eigenvalue weighted by atomic mass is 10.2. The molecule has 7 heteroatoms. The zero-order valence-electron chi connectivity index (χ0n) is 11.2. The van der Waals surface area contributed by atoms with Crippen LogP contribution < -0.4 is 10.6 Å². The summed E-state index contributed by atoms with van der Waals surface area (Å²) in [5.41, 5.74) is 0. The summed E-state index contributed by atoms with van der Waals surface area (Å²) in [6.07, 6.45) is -1.56. The second-order valence-corrected chi connectivity index (χ2v) is 4.61. The Hall–Kier alpha value is -1.79. The van der Waals surface area contributed by atoms with Crippen molar-refractivity contribution in [1.82, 2.24) is 10.6 Å². The molecule has 0 aliphatic heterocycles. The zero-order valence-corrected chi connectivity index (χ0v) is 11.2. The molecule has 0 radical (unpaired) electrons. The number of ether oxygens (including phenoxy) is 2. The maximum atomic E-state index is 11.1. The topological polar surface area (TPSA) is 101 Å². The summed E-state index contributed by atoms with van der Waals surface area (Å²) >= 11 is 0. The molecule has 0 heterocycles. The predicted octanol–water partition coefficient (Wildman–Crippen LogP) is 1.69. The maximum absolute atomic E-state index is 11.1. The number of alkyl carbamates (subject to hydrolysis) is 2. The van der Waals surface area contributed by atoms with Gasteiger partial charge in [-0.1, -0.05) is 27.7 Å². The Balaban J connectivity index is 3.82. The summed E-state index contributed by atoms with van der Waals surface area (Å²) in [5, 5.41) is 11.4. The lowest BCUT2D eigenvalue weighted by Crippen LogP contribution is -2.44. The molecule has 0 rings (SSSR count). The second kappa shape index (κ2) is 8.32. The van der Waals surface area contributed by atoms with E-state index >= 15 is 0 Å².